The number of halogens is 1. The normalized spacial score (nSPS) is 10.5. The van der Waals surface area contributed by atoms with Gasteiger partial charge in [0.05, 0.1) is 6.33 Å². The number of carbonyl (C=O) groups is 1. The third-order valence-electron chi connectivity index (χ3n) is 3.92. The fourth-order valence-electron chi connectivity index (χ4n) is 2.53. The van der Waals surface area contributed by atoms with Crippen molar-refractivity contribution in [1.29, 1.82) is 0 Å². The summed E-state index contributed by atoms with van der Waals surface area (Å²) in [7, 11) is 0. The average Bonchev–Trinajstić information content (AvgIpc) is 3.10. The van der Waals surface area contributed by atoms with E-state index in [1.54, 1.807) is 12.5 Å². The van der Waals surface area contributed by atoms with Gasteiger partial charge in [-0.3, -0.25) is 0 Å². The third kappa shape index (κ3) is 4.70. The standard InChI is InChI=1S/C19H19BrN4O/c1-14-6-7-17(20)10-18(14)23-19(25)22-11-15-4-2-3-5-16(15)12-24-9-8-21-13-24/h2-10,13H,11-12H2,1H3,(H2,22,23,25). The summed E-state index contributed by atoms with van der Waals surface area (Å²) in [6.07, 6.45) is 5.47. The van der Waals surface area contributed by atoms with Crippen LogP contribution in [0, 0.1) is 6.92 Å². The largest absolute Gasteiger partial charge is 0.334 e. The summed E-state index contributed by atoms with van der Waals surface area (Å²) in [5.74, 6) is 0. The first kappa shape index (κ1) is 17.2. The Morgan fingerprint density at radius 2 is 2.00 bits per heavy atom. The zero-order chi connectivity index (χ0) is 17.6. The first-order valence-electron chi connectivity index (χ1n) is 7.95. The summed E-state index contributed by atoms with van der Waals surface area (Å²) in [4.78, 5) is 16.3. The molecule has 2 amide bonds. The van der Waals surface area contributed by atoms with E-state index in [0.717, 1.165) is 33.4 Å². The average molecular weight is 399 g/mol. The first-order chi connectivity index (χ1) is 12.1. The summed E-state index contributed by atoms with van der Waals surface area (Å²) in [5, 5.41) is 5.81. The predicted molar refractivity (Wildman–Crippen MR) is 103 cm³/mol. The molecule has 3 rings (SSSR count). The van der Waals surface area contributed by atoms with Gasteiger partial charge < -0.3 is 15.2 Å². The van der Waals surface area contributed by atoms with Crippen molar-refractivity contribution in [3.63, 3.8) is 0 Å². The van der Waals surface area contributed by atoms with Gasteiger partial charge in [-0.15, -0.1) is 0 Å². The lowest BCUT2D eigenvalue weighted by Crippen LogP contribution is -2.29. The molecule has 0 saturated carbocycles. The summed E-state index contributed by atoms with van der Waals surface area (Å²) < 4.78 is 2.93. The quantitative estimate of drug-likeness (QED) is 0.671. The van der Waals surface area contributed by atoms with Crippen molar-refractivity contribution in [3.05, 3.63) is 82.3 Å². The zero-order valence-corrected chi connectivity index (χ0v) is 15.5. The summed E-state index contributed by atoms with van der Waals surface area (Å²) in [6.45, 7) is 3.15. The highest BCUT2D eigenvalue weighted by Gasteiger charge is 2.07. The molecule has 0 bridgehead atoms. The Kier molecular flexibility index (Phi) is 5.50. The van der Waals surface area contributed by atoms with Crippen LogP contribution in [0.2, 0.25) is 0 Å². The van der Waals surface area contributed by atoms with Gasteiger partial charge >= 0.3 is 6.03 Å². The van der Waals surface area contributed by atoms with Crippen LogP contribution in [0.3, 0.4) is 0 Å². The van der Waals surface area contributed by atoms with Crippen LogP contribution >= 0.6 is 15.9 Å². The van der Waals surface area contributed by atoms with Crippen LogP contribution in [-0.4, -0.2) is 15.6 Å². The van der Waals surface area contributed by atoms with E-state index in [-0.39, 0.29) is 6.03 Å². The minimum absolute atomic E-state index is 0.223. The molecule has 128 valence electrons. The van der Waals surface area contributed by atoms with E-state index in [4.69, 9.17) is 0 Å². The number of nitrogens with zero attached hydrogens (tertiary/aromatic N) is 2. The number of hydrogen-bond donors (Lipinski definition) is 2. The molecule has 0 aliphatic carbocycles. The lowest BCUT2D eigenvalue weighted by Gasteiger charge is -2.13. The second kappa shape index (κ2) is 7.98. The molecule has 0 fully saturated rings. The number of urea groups is 1. The van der Waals surface area contributed by atoms with Crippen molar-refractivity contribution < 1.29 is 4.79 Å². The van der Waals surface area contributed by atoms with Gasteiger partial charge in [-0.25, -0.2) is 9.78 Å². The molecule has 0 aliphatic heterocycles. The Labute approximate surface area is 155 Å². The number of hydrogen-bond acceptors (Lipinski definition) is 2. The van der Waals surface area contributed by atoms with Crippen molar-refractivity contribution in [2.75, 3.05) is 5.32 Å². The van der Waals surface area contributed by atoms with Crippen LogP contribution in [0.5, 0.6) is 0 Å². The lowest BCUT2D eigenvalue weighted by molar-refractivity contribution is 0.251. The van der Waals surface area contributed by atoms with E-state index in [2.05, 4.69) is 37.6 Å². The fraction of sp³-hybridized carbons (Fsp3) is 0.158. The summed E-state index contributed by atoms with van der Waals surface area (Å²) in [6, 6.07) is 13.6. The molecule has 0 radical (unpaired) electrons. The van der Waals surface area contributed by atoms with E-state index >= 15 is 0 Å². The molecule has 2 N–H and O–H groups in total. The fourth-order valence-corrected chi connectivity index (χ4v) is 2.89. The zero-order valence-electron chi connectivity index (χ0n) is 13.9. The second-order valence-electron chi connectivity index (χ2n) is 5.77. The molecule has 5 nitrogen and oxygen atoms in total. The monoisotopic (exact) mass is 398 g/mol. The number of aryl methyl sites for hydroxylation is 1. The number of aromatic nitrogens is 2. The lowest BCUT2D eigenvalue weighted by atomic mass is 10.1. The number of rotatable bonds is 5. The van der Waals surface area contributed by atoms with Crippen molar-refractivity contribution in [1.82, 2.24) is 14.9 Å². The van der Waals surface area contributed by atoms with E-state index < -0.39 is 0 Å². The Bertz CT molecular complexity index is 862. The van der Waals surface area contributed by atoms with Gasteiger partial charge in [0.1, 0.15) is 0 Å². The topological polar surface area (TPSA) is 59.0 Å². The van der Waals surface area contributed by atoms with Gasteiger partial charge in [-0.2, -0.15) is 0 Å². The molecule has 1 heterocycles. The molecule has 0 unspecified atom stereocenters. The molecule has 0 saturated heterocycles. The van der Waals surface area contributed by atoms with Gasteiger partial charge in [0.2, 0.25) is 0 Å². The SMILES string of the molecule is Cc1ccc(Br)cc1NC(=O)NCc1ccccc1Cn1ccnc1. The highest BCUT2D eigenvalue weighted by Crippen LogP contribution is 2.20. The van der Waals surface area contributed by atoms with E-state index in [9.17, 15) is 4.79 Å². The molecular formula is C19H19BrN4O. The maximum Gasteiger partial charge on any atom is 0.319 e. The highest BCUT2D eigenvalue weighted by molar-refractivity contribution is 9.10. The van der Waals surface area contributed by atoms with Crippen molar-refractivity contribution in [2.45, 2.75) is 20.0 Å². The number of carbonyl (C=O) groups excluding carboxylic acids is 1. The van der Waals surface area contributed by atoms with Crippen LogP contribution < -0.4 is 10.6 Å². The van der Waals surface area contributed by atoms with Crippen molar-refractivity contribution in [2.24, 2.45) is 0 Å². The van der Waals surface area contributed by atoms with Crippen LogP contribution in [0.25, 0.3) is 0 Å². The van der Waals surface area contributed by atoms with Gasteiger partial charge in [0.15, 0.2) is 0 Å². The smallest absolute Gasteiger partial charge is 0.319 e. The van der Waals surface area contributed by atoms with Crippen LogP contribution in [-0.2, 0) is 13.1 Å². The number of amides is 2. The molecule has 0 spiro atoms. The molecule has 0 atom stereocenters. The van der Waals surface area contributed by atoms with Crippen molar-refractivity contribution >= 4 is 27.6 Å². The van der Waals surface area contributed by atoms with Crippen LogP contribution in [0.1, 0.15) is 16.7 Å². The molecule has 6 heteroatoms. The number of nitrogens with one attached hydrogen (secondary N) is 2. The van der Waals surface area contributed by atoms with Crippen LogP contribution in [0.4, 0.5) is 10.5 Å². The Hall–Kier alpha value is -2.60. The maximum atomic E-state index is 12.2. The molecule has 2 aromatic carbocycles. The minimum atomic E-state index is -0.223. The number of benzene rings is 2. The van der Waals surface area contributed by atoms with Gasteiger partial charge in [0.25, 0.3) is 0 Å². The van der Waals surface area contributed by atoms with Crippen LogP contribution in [0.15, 0.2) is 65.7 Å². The Morgan fingerprint density at radius 3 is 2.76 bits per heavy atom. The third-order valence-corrected chi connectivity index (χ3v) is 4.41. The van der Waals surface area contributed by atoms with Gasteiger partial charge in [-0.1, -0.05) is 46.3 Å². The van der Waals surface area contributed by atoms with Crippen molar-refractivity contribution in [3.8, 4) is 0 Å². The Balaban J connectivity index is 1.63. The predicted octanol–water partition coefficient (Wildman–Crippen LogP) is 4.32. The molecule has 3 aromatic rings. The molecule has 0 aliphatic rings. The number of anilines is 1. The number of imidazole rings is 1. The minimum Gasteiger partial charge on any atom is -0.334 e. The van der Waals surface area contributed by atoms with Gasteiger partial charge in [-0.05, 0) is 35.7 Å². The van der Waals surface area contributed by atoms with E-state index in [1.165, 1.54) is 0 Å². The molecule has 25 heavy (non-hydrogen) atoms. The molecular weight excluding hydrogens is 380 g/mol. The van der Waals surface area contributed by atoms with E-state index in [1.807, 2.05) is 54.1 Å². The Morgan fingerprint density at radius 1 is 1.20 bits per heavy atom. The summed E-state index contributed by atoms with van der Waals surface area (Å²) >= 11 is 3.42. The van der Waals surface area contributed by atoms with Gasteiger partial charge in [0, 0.05) is 35.6 Å². The maximum absolute atomic E-state index is 12.2. The summed E-state index contributed by atoms with van der Waals surface area (Å²) in [5.41, 5.74) is 4.04. The first-order valence-corrected chi connectivity index (χ1v) is 8.74. The molecule has 1 aromatic heterocycles. The second-order valence-corrected chi connectivity index (χ2v) is 6.69. The highest BCUT2D eigenvalue weighted by atomic mass is 79.9. The van der Waals surface area contributed by atoms with E-state index in [0.29, 0.717) is 6.54 Å².